The standard InChI is InChI=1S/C19H22N2O3S2/c1-12-6-7-16(26-13-4-2-3-5-13)14(10-12)18(22)20-9-8-17-21-15(11-25-17)19(23)24/h6-7,10-11,13H,2-5,8-9H2,1H3,(H,20,22)(H,23,24). The van der Waals surface area contributed by atoms with Gasteiger partial charge in [-0.25, -0.2) is 9.78 Å². The molecular formula is C19H22N2O3S2. The normalized spacial score (nSPS) is 14.5. The van der Waals surface area contributed by atoms with Crippen molar-refractivity contribution in [1.82, 2.24) is 10.3 Å². The number of nitrogens with one attached hydrogen (secondary N) is 1. The number of carboxylic acid groups (broad SMARTS) is 1. The molecule has 0 radical (unpaired) electrons. The predicted molar refractivity (Wildman–Crippen MR) is 104 cm³/mol. The summed E-state index contributed by atoms with van der Waals surface area (Å²) in [6.45, 7) is 2.43. The molecule has 0 spiro atoms. The number of aromatic carboxylic acids is 1. The quantitative estimate of drug-likeness (QED) is 0.742. The summed E-state index contributed by atoms with van der Waals surface area (Å²) in [6, 6.07) is 6.04. The van der Waals surface area contributed by atoms with Gasteiger partial charge in [0.2, 0.25) is 0 Å². The minimum absolute atomic E-state index is 0.0604. The Kier molecular flexibility index (Phi) is 6.32. The lowest BCUT2D eigenvalue weighted by Crippen LogP contribution is -2.26. The van der Waals surface area contributed by atoms with Crippen LogP contribution >= 0.6 is 23.1 Å². The van der Waals surface area contributed by atoms with Gasteiger partial charge in [-0.3, -0.25) is 4.79 Å². The average Bonchev–Trinajstić information content (AvgIpc) is 3.28. The molecule has 2 aromatic rings. The van der Waals surface area contributed by atoms with Gasteiger partial charge in [0.05, 0.1) is 10.6 Å². The van der Waals surface area contributed by atoms with Crippen LogP contribution in [0.25, 0.3) is 0 Å². The second-order valence-electron chi connectivity index (χ2n) is 6.46. The monoisotopic (exact) mass is 390 g/mol. The Bertz CT molecular complexity index is 798. The summed E-state index contributed by atoms with van der Waals surface area (Å²) in [6.07, 6.45) is 5.51. The number of thioether (sulfide) groups is 1. The van der Waals surface area contributed by atoms with Crippen molar-refractivity contribution in [2.24, 2.45) is 0 Å². The van der Waals surface area contributed by atoms with Crippen LogP contribution in [0, 0.1) is 6.92 Å². The van der Waals surface area contributed by atoms with Crippen molar-refractivity contribution < 1.29 is 14.7 Å². The first kappa shape index (κ1) is 18.9. The zero-order chi connectivity index (χ0) is 18.5. The van der Waals surface area contributed by atoms with Crippen LogP contribution in [0.5, 0.6) is 0 Å². The van der Waals surface area contributed by atoms with Crippen LogP contribution < -0.4 is 5.32 Å². The molecule has 26 heavy (non-hydrogen) atoms. The number of hydrogen-bond donors (Lipinski definition) is 2. The molecule has 5 nitrogen and oxygen atoms in total. The molecule has 1 aromatic heterocycles. The van der Waals surface area contributed by atoms with Gasteiger partial charge < -0.3 is 10.4 Å². The van der Waals surface area contributed by atoms with Gasteiger partial charge in [-0.1, -0.05) is 24.5 Å². The van der Waals surface area contributed by atoms with E-state index in [0.29, 0.717) is 23.2 Å². The third-order valence-electron chi connectivity index (χ3n) is 4.37. The van der Waals surface area contributed by atoms with E-state index in [9.17, 15) is 9.59 Å². The first-order valence-corrected chi connectivity index (χ1v) is 10.5. The summed E-state index contributed by atoms with van der Waals surface area (Å²) in [4.78, 5) is 28.6. The molecule has 1 fully saturated rings. The van der Waals surface area contributed by atoms with E-state index in [2.05, 4.69) is 16.4 Å². The van der Waals surface area contributed by atoms with Crippen molar-refractivity contribution in [1.29, 1.82) is 0 Å². The maximum atomic E-state index is 12.7. The highest BCUT2D eigenvalue weighted by molar-refractivity contribution is 8.00. The molecule has 0 atom stereocenters. The van der Waals surface area contributed by atoms with Crippen LogP contribution in [0.2, 0.25) is 0 Å². The molecule has 3 rings (SSSR count). The van der Waals surface area contributed by atoms with Gasteiger partial charge >= 0.3 is 5.97 Å². The Hall–Kier alpha value is -1.86. The van der Waals surface area contributed by atoms with Crippen molar-refractivity contribution in [3.05, 3.63) is 45.4 Å². The molecule has 1 saturated carbocycles. The minimum Gasteiger partial charge on any atom is -0.476 e. The Morgan fingerprint density at radius 1 is 1.35 bits per heavy atom. The van der Waals surface area contributed by atoms with Crippen molar-refractivity contribution in [3.63, 3.8) is 0 Å². The van der Waals surface area contributed by atoms with Gasteiger partial charge in [0.25, 0.3) is 5.91 Å². The van der Waals surface area contributed by atoms with Gasteiger partial charge in [0.15, 0.2) is 5.69 Å². The largest absolute Gasteiger partial charge is 0.476 e. The second-order valence-corrected chi connectivity index (χ2v) is 8.75. The van der Waals surface area contributed by atoms with E-state index >= 15 is 0 Å². The summed E-state index contributed by atoms with van der Waals surface area (Å²) in [7, 11) is 0. The van der Waals surface area contributed by atoms with Crippen molar-refractivity contribution >= 4 is 35.0 Å². The number of amides is 1. The molecule has 2 N–H and O–H groups in total. The molecule has 0 bridgehead atoms. The maximum Gasteiger partial charge on any atom is 0.355 e. The molecule has 1 aliphatic rings. The predicted octanol–water partition coefficient (Wildman–Crippen LogP) is 4.16. The molecule has 138 valence electrons. The number of carbonyl (C=O) groups excluding carboxylic acids is 1. The lowest BCUT2D eigenvalue weighted by molar-refractivity contribution is 0.0690. The number of carbonyl (C=O) groups is 2. The Balaban J connectivity index is 1.61. The molecule has 7 heteroatoms. The van der Waals surface area contributed by atoms with Crippen LogP contribution in [0.3, 0.4) is 0 Å². The summed E-state index contributed by atoms with van der Waals surface area (Å²) < 4.78 is 0. The molecule has 0 aliphatic heterocycles. The third-order valence-corrected chi connectivity index (χ3v) is 6.69. The fourth-order valence-electron chi connectivity index (χ4n) is 3.01. The summed E-state index contributed by atoms with van der Waals surface area (Å²) in [5, 5.41) is 14.7. The van der Waals surface area contributed by atoms with Crippen LogP contribution in [0.15, 0.2) is 28.5 Å². The van der Waals surface area contributed by atoms with E-state index in [1.807, 2.05) is 30.8 Å². The number of rotatable bonds is 7. The highest BCUT2D eigenvalue weighted by atomic mass is 32.2. The maximum absolute atomic E-state index is 12.7. The van der Waals surface area contributed by atoms with Crippen molar-refractivity contribution in [2.45, 2.75) is 49.2 Å². The van der Waals surface area contributed by atoms with E-state index in [1.54, 1.807) is 0 Å². The zero-order valence-electron chi connectivity index (χ0n) is 14.7. The molecule has 1 heterocycles. The Morgan fingerprint density at radius 2 is 2.12 bits per heavy atom. The smallest absolute Gasteiger partial charge is 0.355 e. The fourth-order valence-corrected chi connectivity index (χ4v) is 5.14. The third kappa shape index (κ3) is 4.86. The van der Waals surface area contributed by atoms with Gasteiger partial charge in [-0.2, -0.15) is 0 Å². The topological polar surface area (TPSA) is 79.3 Å². The first-order chi connectivity index (χ1) is 12.5. The SMILES string of the molecule is Cc1ccc(SC2CCCC2)c(C(=O)NCCc2nc(C(=O)O)cs2)c1. The molecule has 0 saturated heterocycles. The van der Waals surface area contributed by atoms with E-state index in [0.717, 1.165) is 16.0 Å². The van der Waals surface area contributed by atoms with Crippen molar-refractivity contribution in [2.75, 3.05) is 6.54 Å². The van der Waals surface area contributed by atoms with E-state index in [1.165, 1.54) is 42.4 Å². The highest BCUT2D eigenvalue weighted by Crippen LogP contribution is 2.36. The number of benzene rings is 1. The Morgan fingerprint density at radius 3 is 2.81 bits per heavy atom. The number of carboxylic acids is 1. The lowest BCUT2D eigenvalue weighted by Gasteiger charge is -2.14. The van der Waals surface area contributed by atoms with Gasteiger partial charge in [0, 0.05) is 28.5 Å². The van der Waals surface area contributed by atoms with E-state index in [4.69, 9.17) is 5.11 Å². The fraction of sp³-hybridized carbons (Fsp3) is 0.421. The number of aromatic nitrogens is 1. The number of thiazole rings is 1. The van der Waals surface area contributed by atoms with Crippen LogP contribution in [-0.2, 0) is 6.42 Å². The van der Waals surface area contributed by atoms with Gasteiger partial charge in [-0.15, -0.1) is 23.1 Å². The molecular weight excluding hydrogens is 368 g/mol. The average molecular weight is 391 g/mol. The summed E-state index contributed by atoms with van der Waals surface area (Å²) in [5.74, 6) is -1.10. The molecule has 0 unspecified atom stereocenters. The number of hydrogen-bond acceptors (Lipinski definition) is 5. The summed E-state index contributed by atoms with van der Waals surface area (Å²) >= 11 is 3.12. The van der Waals surface area contributed by atoms with Gasteiger partial charge in [0.1, 0.15) is 0 Å². The first-order valence-electron chi connectivity index (χ1n) is 8.76. The van der Waals surface area contributed by atoms with E-state index in [-0.39, 0.29) is 11.6 Å². The molecule has 1 amide bonds. The Labute approximate surface area is 161 Å². The van der Waals surface area contributed by atoms with Gasteiger partial charge in [-0.05, 0) is 31.9 Å². The minimum atomic E-state index is -1.02. The molecule has 1 aromatic carbocycles. The molecule has 1 aliphatic carbocycles. The number of aryl methyl sites for hydroxylation is 1. The van der Waals surface area contributed by atoms with Crippen LogP contribution in [-0.4, -0.2) is 33.8 Å². The summed E-state index contributed by atoms with van der Waals surface area (Å²) in [5.41, 5.74) is 1.86. The van der Waals surface area contributed by atoms with E-state index < -0.39 is 5.97 Å². The number of nitrogens with zero attached hydrogens (tertiary/aromatic N) is 1. The lowest BCUT2D eigenvalue weighted by atomic mass is 10.1. The second kappa shape index (κ2) is 8.68. The van der Waals surface area contributed by atoms with Crippen molar-refractivity contribution in [3.8, 4) is 0 Å². The highest BCUT2D eigenvalue weighted by Gasteiger charge is 2.20. The van der Waals surface area contributed by atoms with Crippen LogP contribution in [0.1, 0.15) is 57.1 Å². The zero-order valence-corrected chi connectivity index (χ0v) is 16.3. The van der Waals surface area contributed by atoms with Crippen LogP contribution in [0.4, 0.5) is 0 Å².